The van der Waals surface area contributed by atoms with Gasteiger partial charge in [0.1, 0.15) is 6.04 Å². The van der Waals surface area contributed by atoms with Crippen LogP contribution in [-0.2, 0) is 9.59 Å². The second-order valence-electron chi connectivity index (χ2n) is 4.62. The van der Waals surface area contributed by atoms with E-state index in [1.165, 1.54) is 32.0 Å². The van der Waals surface area contributed by atoms with Crippen molar-refractivity contribution >= 4 is 41.0 Å². The van der Waals surface area contributed by atoms with Gasteiger partial charge in [0.15, 0.2) is 0 Å². The summed E-state index contributed by atoms with van der Waals surface area (Å²) in [6.45, 7) is 2.89. The molecule has 1 aromatic carbocycles. The first-order chi connectivity index (χ1) is 10.2. The Morgan fingerprint density at radius 2 is 1.95 bits per heavy atom. The zero-order valence-corrected chi connectivity index (χ0v) is 13.6. The van der Waals surface area contributed by atoms with E-state index in [2.05, 4.69) is 5.32 Å². The summed E-state index contributed by atoms with van der Waals surface area (Å²) in [5, 5.41) is 12.2. The van der Waals surface area contributed by atoms with E-state index in [0.29, 0.717) is 5.02 Å². The lowest BCUT2D eigenvalue weighted by Gasteiger charge is -2.27. The molecule has 0 spiro atoms. The minimum absolute atomic E-state index is 0.0364. The number of carboxylic acids is 1. The number of halogens is 2. The van der Waals surface area contributed by atoms with Gasteiger partial charge in [-0.15, -0.1) is 0 Å². The number of carbonyl (C=O) groups excluding carboxylic acids is 2. The number of carbonyl (C=O) groups is 3. The summed E-state index contributed by atoms with van der Waals surface area (Å²) in [7, 11) is 0. The normalized spacial score (nSPS) is 11.6. The topological polar surface area (TPSA) is 86.7 Å². The molecule has 0 saturated carbocycles. The molecule has 1 unspecified atom stereocenters. The third-order valence-electron chi connectivity index (χ3n) is 2.97. The molecule has 2 N–H and O–H groups in total. The number of hydrogen-bond acceptors (Lipinski definition) is 3. The molecular weight excluding hydrogens is 331 g/mol. The van der Waals surface area contributed by atoms with E-state index in [1.807, 2.05) is 0 Å². The van der Waals surface area contributed by atoms with Gasteiger partial charge in [0.05, 0.1) is 10.6 Å². The molecule has 1 atom stereocenters. The Morgan fingerprint density at radius 1 is 1.32 bits per heavy atom. The minimum Gasteiger partial charge on any atom is -0.480 e. The van der Waals surface area contributed by atoms with Crippen molar-refractivity contribution in [3.05, 3.63) is 33.8 Å². The molecule has 0 aliphatic carbocycles. The lowest BCUT2D eigenvalue weighted by Crippen LogP contribution is -2.46. The van der Waals surface area contributed by atoms with Gasteiger partial charge in [-0.05, 0) is 25.1 Å². The molecule has 120 valence electrons. The molecule has 0 aliphatic heterocycles. The molecule has 0 aliphatic rings. The van der Waals surface area contributed by atoms with Crippen LogP contribution in [0.2, 0.25) is 10.0 Å². The average molecular weight is 347 g/mol. The van der Waals surface area contributed by atoms with E-state index in [0.717, 1.165) is 4.90 Å². The summed E-state index contributed by atoms with van der Waals surface area (Å²) in [6.07, 6.45) is 0. The van der Waals surface area contributed by atoms with E-state index in [4.69, 9.17) is 28.3 Å². The molecule has 0 radical (unpaired) electrons. The molecule has 1 aromatic rings. The van der Waals surface area contributed by atoms with E-state index < -0.39 is 17.9 Å². The highest BCUT2D eigenvalue weighted by atomic mass is 35.5. The molecule has 0 bridgehead atoms. The number of benzene rings is 1. The number of carboxylic acid groups (broad SMARTS) is 1. The Morgan fingerprint density at radius 3 is 2.50 bits per heavy atom. The quantitative estimate of drug-likeness (QED) is 0.825. The van der Waals surface area contributed by atoms with E-state index in [9.17, 15) is 14.4 Å². The van der Waals surface area contributed by atoms with Crippen molar-refractivity contribution in [2.24, 2.45) is 0 Å². The smallest absolute Gasteiger partial charge is 0.326 e. The van der Waals surface area contributed by atoms with Crippen LogP contribution in [0.3, 0.4) is 0 Å². The highest BCUT2D eigenvalue weighted by Gasteiger charge is 2.27. The number of nitrogens with zero attached hydrogens (tertiary/aromatic N) is 1. The fourth-order valence-corrected chi connectivity index (χ4v) is 2.14. The van der Waals surface area contributed by atoms with Crippen LogP contribution >= 0.6 is 23.2 Å². The van der Waals surface area contributed by atoms with Gasteiger partial charge in [-0.1, -0.05) is 23.2 Å². The maximum atomic E-state index is 12.5. The van der Waals surface area contributed by atoms with Crippen LogP contribution in [0.15, 0.2) is 18.2 Å². The van der Waals surface area contributed by atoms with E-state index in [1.54, 1.807) is 0 Å². The van der Waals surface area contributed by atoms with Crippen molar-refractivity contribution in [3.8, 4) is 0 Å². The Kier molecular flexibility index (Phi) is 6.64. The standard InChI is InChI=1S/C14H16Cl2N2O4/c1-8(14(21)22)18(6-5-17-9(2)19)13(20)11-7-10(15)3-4-12(11)16/h3-4,7-8H,5-6H2,1-2H3,(H,17,19)(H,21,22). The van der Waals surface area contributed by atoms with Gasteiger partial charge < -0.3 is 15.3 Å². The highest BCUT2D eigenvalue weighted by Crippen LogP contribution is 2.22. The summed E-state index contributed by atoms with van der Waals surface area (Å²) in [5.74, 6) is -1.99. The van der Waals surface area contributed by atoms with Gasteiger partial charge in [0, 0.05) is 25.0 Å². The molecule has 0 fully saturated rings. The fraction of sp³-hybridized carbons (Fsp3) is 0.357. The molecule has 0 aromatic heterocycles. The third kappa shape index (κ3) is 4.89. The van der Waals surface area contributed by atoms with Crippen LogP contribution < -0.4 is 5.32 Å². The Bertz CT molecular complexity index is 592. The lowest BCUT2D eigenvalue weighted by atomic mass is 10.1. The van der Waals surface area contributed by atoms with Crippen molar-refractivity contribution < 1.29 is 19.5 Å². The minimum atomic E-state index is -1.16. The number of aliphatic carboxylic acids is 1. The second kappa shape index (κ2) is 8.00. The van der Waals surface area contributed by atoms with Gasteiger partial charge in [-0.3, -0.25) is 9.59 Å². The van der Waals surface area contributed by atoms with Crippen molar-refractivity contribution in [2.75, 3.05) is 13.1 Å². The van der Waals surface area contributed by atoms with Crippen molar-refractivity contribution in [3.63, 3.8) is 0 Å². The molecular formula is C14H16Cl2N2O4. The first kappa shape index (κ1) is 18.3. The molecule has 8 heteroatoms. The first-order valence-electron chi connectivity index (χ1n) is 6.47. The predicted octanol–water partition coefficient (Wildman–Crippen LogP) is 2.04. The van der Waals surface area contributed by atoms with Gasteiger partial charge in [0.2, 0.25) is 5.91 Å². The van der Waals surface area contributed by atoms with Gasteiger partial charge in [0.25, 0.3) is 5.91 Å². The maximum Gasteiger partial charge on any atom is 0.326 e. The van der Waals surface area contributed by atoms with Crippen LogP contribution in [0, 0.1) is 0 Å². The van der Waals surface area contributed by atoms with Gasteiger partial charge >= 0.3 is 5.97 Å². The Balaban J connectivity index is 3.03. The molecule has 2 amide bonds. The second-order valence-corrected chi connectivity index (χ2v) is 5.46. The SMILES string of the molecule is CC(=O)NCCN(C(=O)c1cc(Cl)ccc1Cl)C(C)C(=O)O. The van der Waals surface area contributed by atoms with Crippen LogP contribution in [0.5, 0.6) is 0 Å². The van der Waals surface area contributed by atoms with Crippen LogP contribution in [0.4, 0.5) is 0 Å². The number of rotatable bonds is 6. The summed E-state index contributed by atoms with van der Waals surface area (Å²) in [6, 6.07) is 3.31. The molecule has 22 heavy (non-hydrogen) atoms. The van der Waals surface area contributed by atoms with Crippen molar-refractivity contribution in [2.45, 2.75) is 19.9 Å². The summed E-state index contributed by atoms with van der Waals surface area (Å²) < 4.78 is 0. The predicted molar refractivity (Wildman–Crippen MR) is 83.3 cm³/mol. The number of nitrogens with one attached hydrogen (secondary N) is 1. The van der Waals surface area contributed by atoms with Crippen LogP contribution in [0.25, 0.3) is 0 Å². The largest absolute Gasteiger partial charge is 0.480 e. The lowest BCUT2D eigenvalue weighted by molar-refractivity contribution is -0.141. The molecule has 0 saturated heterocycles. The average Bonchev–Trinajstić information content (AvgIpc) is 2.44. The molecule has 1 rings (SSSR count). The maximum absolute atomic E-state index is 12.5. The highest BCUT2D eigenvalue weighted by molar-refractivity contribution is 6.35. The fourth-order valence-electron chi connectivity index (χ4n) is 1.77. The Hall–Kier alpha value is -1.79. The van der Waals surface area contributed by atoms with E-state index in [-0.39, 0.29) is 29.6 Å². The van der Waals surface area contributed by atoms with Crippen molar-refractivity contribution in [1.29, 1.82) is 0 Å². The van der Waals surface area contributed by atoms with Crippen molar-refractivity contribution in [1.82, 2.24) is 10.2 Å². The zero-order valence-electron chi connectivity index (χ0n) is 12.1. The van der Waals surface area contributed by atoms with E-state index >= 15 is 0 Å². The summed E-state index contributed by atoms with van der Waals surface area (Å²) in [5.41, 5.74) is 0.116. The van der Waals surface area contributed by atoms with Crippen LogP contribution in [-0.4, -0.2) is 46.9 Å². The molecule has 6 nitrogen and oxygen atoms in total. The number of amides is 2. The summed E-state index contributed by atoms with van der Waals surface area (Å²) in [4.78, 5) is 35.8. The first-order valence-corrected chi connectivity index (χ1v) is 7.23. The number of hydrogen-bond donors (Lipinski definition) is 2. The van der Waals surface area contributed by atoms with Gasteiger partial charge in [-0.2, -0.15) is 0 Å². The van der Waals surface area contributed by atoms with Crippen LogP contribution in [0.1, 0.15) is 24.2 Å². The molecule has 0 heterocycles. The van der Waals surface area contributed by atoms with Gasteiger partial charge in [-0.25, -0.2) is 4.79 Å². The Labute approximate surface area is 138 Å². The monoisotopic (exact) mass is 346 g/mol. The summed E-state index contributed by atoms with van der Waals surface area (Å²) >= 11 is 11.8. The zero-order chi connectivity index (χ0) is 16.9. The third-order valence-corrected chi connectivity index (χ3v) is 3.54.